The molecule has 2 unspecified atom stereocenters. The Morgan fingerprint density at radius 1 is 1.11 bits per heavy atom. The molecular weight excluding hydrogens is 452 g/mol. The third-order valence-electron chi connectivity index (χ3n) is 8.02. The molecule has 4 saturated heterocycles. The summed E-state index contributed by atoms with van der Waals surface area (Å²) in [5.41, 5.74) is -1.27. The Morgan fingerprint density at radius 2 is 1.86 bits per heavy atom. The summed E-state index contributed by atoms with van der Waals surface area (Å²) in [7, 11) is 0. The predicted octanol–water partition coefficient (Wildman–Crippen LogP) is -0.169. The summed E-state index contributed by atoms with van der Waals surface area (Å²) in [6, 6.07) is 8.23. The first-order valence-corrected chi connectivity index (χ1v) is 12.4. The average Bonchev–Trinajstić information content (AvgIpc) is 3.41. The fourth-order valence-corrected chi connectivity index (χ4v) is 6.48. The monoisotopic (exact) mass is 486 g/mol. The summed E-state index contributed by atoms with van der Waals surface area (Å²) in [5, 5.41) is 15.6. The van der Waals surface area contributed by atoms with Crippen LogP contribution in [0.15, 0.2) is 30.3 Å². The number of carbonyl (C=O) groups is 3. The SMILES string of the molecule is C[C@]12CCC3(O1)C(C(=O)NCCN1CCOCC1)N(CCO)C(=O)[C@@H]3[C@H]2C(=O)Nc1ccccc1. The molecule has 10 heteroatoms. The van der Waals surface area contributed by atoms with E-state index in [1.165, 1.54) is 4.90 Å². The molecule has 1 aromatic rings. The van der Waals surface area contributed by atoms with Crippen molar-refractivity contribution in [2.24, 2.45) is 11.8 Å². The largest absolute Gasteiger partial charge is 0.395 e. The number of fused-ring (bicyclic) bond motifs is 1. The molecular formula is C25H34N4O6. The van der Waals surface area contributed by atoms with Crippen molar-refractivity contribution in [3.63, 3.8) is 0 Å². The molecule has 0 radical (unpaired) electrons. The van der Waals surface area contributed by atoms with E-state index in [9.17, 15) is 19.5 Å². The number of nitrogens with zero attached hydrogens (tertiary/aromatic N) is 2. The van der Waals surface area contributed by atoms with Crippen molar-refractivity contribution < 1.29 is 29.0 Å². The Morgan fingerprint density at radius 3 is 2.57 bits per heavy atom. The Kier molecular flexibility index (Phi) is 6.56. The summed E-state index contributed by atoms with van der Waals surface area (Å²) in [4.78, 5) is 44.3. The second-order valence-electron chi connectivity index (χ2n) is 10.1. The lowest BCUT2D eigenvalue weighted by molar-refractivity contribution is -0.145. The van der Waals surface area contributed by atoms with Crippen LogP contribution in [0.3, 0.4) is 0 Å². The predicted molar refractivity (Wildman–Crippen MR) is 126 cm³/mol. The fraction of sp³-hybridized carbons (Fsp3) is 0.640. The van der Waals surface area contributed by atoms with Crippen molar-refractivity contribution in [2.75, 3.05) is 57.9 Å². The molecule has 0 saturated carbocycles. The zero-order valence-corrected chi connectivity index (χ0v) is 20.1. The highest BCUT2D eigenvalue weighted by Gasteiger charge is 2.77. The number of aliphatic hydroxyl groups is 1. The van der Waals surface area contributed by atoms with Gasteiger partial charge in [0, 0.05) is 38.4 Å². The van der Waals surface area contributed by atoms with Gasteiger partial charge in [-0.25, -0.2) is 0 Å². The third kappa shape index (κ3) is 4.12. The number of hydrogen-bond acceptors (Lipinski definition) is 7. The van der Waals surface area contributed by atoms with Gasteiger partial charge in [0.1, 0.15) is 11.6 Å². The second kappa shape index (κ2) is 9.50. The molecule has 190 valence electrons. The number of para-hydroxylation sites is 1. The maximum Gasteiger partial charge on any atom is 0.245 e. The molecule has 5 atom stereocenters. The first-order chi connectivity index (χ1) is 16.9. The lowest BCUT2D eigenvalue weighted by Gasteiger charge is -2.33. The minimum Gasteiger partial charge on any atom is -0.395 e. The van der Waals surface area contributed by atoms with Gasteiger partial charge in [-0.3, -0.25) is 19.3 Å². The topological polar surface area (TPSA) is 120 Å². The van der Waals surface area contributed by atoms with E-state index in [-0.39, 0.29) is 30.9 Å². The fourth-order valence-electron chi connectivity index (χ4n) is 6.48. The zero-order valence-electron chi connectivity index (χ0n) is 20.1. The molecule has 4 aliphatic rings. The number of carbonyl (C=O) groups excluding carboxylic acids is 3. The normalized spacial score (nSPS) is 34.2. The number of amides is 3. The maximum atomic E-state index is 13.7. The van der Waals surface area contributed by atoms with Gasteiger partial charge < -0.3 is 30.1 Å². The van der Waals surface area contributed by atoms with Crippen LogP contribution in [-0.2, 0) is 23.9 Å². The molecule has 10 nitrogen and oxygen atoms in total. The van der Waals surface area contributed by atoms with Crippen LogP contribution >= 0.6 is 0 Å². The van der Waals surface area contributed by atoms with Gasteiger partial charge in [0.2, 0.25) is 17.7 Å². The number of morpholine rings is 1. The molecule has 1 spiro atoms. The van der Waals surface area contributed by atoms with Gasteiger partial charge in [0.15, 0.2) is 0 Å². The molecule has 0 aromatic heterocycles. The van der Waals surface area contributed by atoms with Gasteiger partial charge in [0.05, 0.1) is 37.3 Å². The quantitative estimate of drug-likeness (QED) is 0.467. The Balaban J connectivity index is 1.36. The van der Waals surface area contributed by atoms with Crippen LogP contribution in [0.5, 0.6) is 0 Å². The Labute approximate surface area is 204 Å². The highest BCUT2D eigenvalue weighted by Crippen LogP contribution is 2.63. The molecule has 1 aromatic carbocycles. The van der Waals surface area contributed by atoms with Gasteiger partial charge in [-0.2, -0.15) is 0 Å². The van der Waals surface area contributed by atoms with Crippen LogP contribution < -0.4 is 10.6 Å². The van der Waals surface area contributed by atoms with Crippen molar-refractivity contribution >= 4 is 23.4 Å². The van der Waals surface area contributed by atoms with Crippen molar-refractivity contribution in [1.82, 2.24) is 15.1 Å². The van der Waals surface area contributed by atoms with E-state index in [4.69, 9.17) is 9.47 Å². The van der Waals surface area contributed by atoms with Gasteiger partial charge in [-0.15, -0.1) is 0 Å². The van der Waals surface area contributed by atoms with Gasteiger partial charge in [0.25, 0.3) is 0 Å². The van der Waals surface area contributed by atoms with Crippen LogP contribution in [0.4, 0.5) is 5.69 Å². The van der Waals surface area contributed by atoms with Crippen molar-refractivity contribution in [3.8, 4) is 0 Å². The molecule has 5 rings (SSSR count). The molecule has 2 bridgehead atoms. The standard InChI is InChI=1S/C25H34N4O6/c1-24-7-8-25(35-24)19(18(24)21(31)27-17-5-3-2-4-6-17)23(33)29(11-14-30)20(25)22(32)26-9-10-28-12-15-34-16-13-28/h2-6,18-20,30H,7-16H2,1H3,(H,26,32)(H,27,31)/t18-,19-,20?,24+,25?/m0/s1. The lowest BCUT2D eigenvalue weighted by Crippen LogP contribution is -2.56. The first-order valence-electron chi connectivity index (χ1n) is 12.4. The van der Waals surface area contributed by atoms with Crippen molar-refractivity contribution in [1.29, 1.82) is 0 Å². The number of β-amino-alcohol motifs (C(OH)–C–C–N with tert-alkyl or cyclic N) is 1. The Hall–Kier alpha value is -2.53. The van der Waals surface area contributed by atoms with E-state index in [0.717, 1.165) is 13.1 Å². The summed E-state index contributed by atoms with van der Waals surface area (Å²) in [5.74, 6) is -2.38. The van der Waals surface area contributed by atoms with E-state index in [0.29, 0.717) is 44.8 Å². The van der Waals surface area contributed by atoms with E-state index in [1.807, 2.05) is 25.1 Å². The number of hydrogen-bond donors (Lipinski definition) is 3. The van der Waals surface area contributed by atoms with Gasteiger partial charge >= 0.3 is 0 Å². The molecule has 4 fully saturated rings. The number of benzene rings is 1. The minimum atomic E-state index is -1.08. The number of aliphatic hydroxyl groups excluding tert-OH is 1. The smallest absolute Gasteiger partial charge is 0.245 e. The van der Waals surface area contributed by atoms with Crippen LogP contribution in [-0.4, -0.2) is 102 Å². The molecule has 35 heavy (non-hydrogen) atoms. The van der Waals surface area contributed by atoms with E-state index in [2.05, 4.69) is 15.5 Å². The molecule has 3 N–H and O–H groups in total. The maximum absolute atomic E-state index is 13.7. The van der Waals surface area contributed by atoms with Crippen LogP contribution in [0.2, 0.25) is 0 Å². The van der Waals surface area contributed by atoms with Crippen molar-refractivity contribution in [2.45, 2.75) is 37.0 Å². The van der Waals surface area contributed by atoms with Crippen LogP contribution in [0, 0.1) is 11.8 Å². The van der Waals surface area contributed by atoms with Gasteiger partial charge in [-0.05, 0) is 31.9 Å². The Bertz CT molecular complexity index is 970. The summed E-state index contributed by atoms with van der Waals surface area (Å²) in [6.45, 7) is 5.74. The molecule has 0 aliphatic carbocycles. The number of ether oxygens (including phenoxy) is 2. The molecule has 4 heterocycles. The number of anilines is 1. The van der Waals surface area contributed by atoms with Crippen LogP contribution in [0.1, 0.15) is 19.8 Å². The third-order valence-corrected chi connectivity index (χ3v) is 8.02. The molecule has 3 amide bonds. The highest BCUT2D eigenvalue weighted by molar-refractivity contribution is 6.02. The summed E-state index contributed by atoms with van der Waals surface area (Å²) >= 11 is 0. The van der Waals surface area contributed by atoms with Crippen molar-refractivity contribution in [3.05, 3.63) is 30.3 Å². The number of nitrogens with one attached hydrogen (secondary N) is 2. The zero-order chi connectivity index (χ0) is 24.6. The first kappa shape index (κ1) is 24.2. The average molecular weight is 487 g/mol. The van der Waals surface area contributed by atoms with Gasteiger partial charge in [-0.1, -0.05) is 18.2 Å². The van der Waals surface area contributed by atoms with E-state index in [1.54, 1.807) is 12.1 Å². The summed E-state index contributed by atoms with van der Waals surface area (Å²) < 4.78 is 11.9. The minimum absolute atomic E-state index is 0.0196. The van der Waals surface area contributed by atoms with Crippen LogP contribution in [0.25, 0.3) is 0 Å². The summed E-state index contributed by atoms with van der Waals surface area (Å²) in [6.07, 6.45) is 1.09. The molecule has 4 aliphatic heterocycles. The number of rotatable bonds is 8. The lowest BCUT2D eigenvalue weighted by atomic mass is 9.66. The van der Waals surface area contributed by atoms with E-state index < -0.39 is 29.1 Å². The number of likely N-dealkylation sites (tertiary alicyclic amines) is 1. The second-order valence-corrected chi connectivity index (χ2v) is 10.1. The highest BCUT2D eigenvalue weighted by atomic mass is 16.5. The van der Waals surface area contributed by atoms with E-state index >= 15 is 0 Å².